The van der Waals surface area contributed by atoms with Gasteiger partial charge in [-0.25, -0.2) is 0 Å². The van der Waals surface area contributed by atoms with E-state index in [0.29, 0.717) is 21.1 Å². The minimum absolute atomic E-state index is 0.0676. The van der Waals surface area contributed by atoms with E-state index in [-0.39, 0.29) is 6.61 Å². The van der Waals surface area contributed by atoms with Gasteiger partial charge in [0.2, 0.25) is 0 Å². The quantitative estimate of drug-likeness (QED) is 0.406. The molecule has 0 aromatic heterocycles. The summed E-state index contributed by atoms with van der Waals surface area (Å²) in [6.45, 7) is -0.0676. The van der Waals surface area contributed by atoms with E-state index >= 15 is 0 Å². The van der Waals surface area contributed by atoms with Crippen molar-refractivity contribution >= 4 is 39.1 Å². The molecule has 0 spiro atoms. The molecular weight excluding hydrogens is 416 g/mol. The topological polar surface area (TPSA) is 93.0 Å². The summed E-state index contributed by atoms with van der Waals surface area (Å²) >= 11 is 4.82. The summed E-state index contributed by atoms with van der Waals surface area (Å²) in [4.78, 5) is 0. The highest BCUT2D eigenvalue weighted by Gasteiger charge is 2.11. The largest absolute Gasteiger partial charge is 0.493 e. The summed E-state index contributed by atoms with van der Waals surface area (Å²) in [7, 11) is 1.53. The maximum absolute atomic E-state index is 8.64. The van der Waals surface area contributed by atoms with Crippen LogP contribution in [0.4, 0.5) is 0 Å². The fourth-order valence-electron chi connectivity index (χ4n) is 1.97. The van der Waals surface area contributed by atoms with Crippen LogP contribution in [0.15, 0.2) is 57.1 Å². The number of rotatable bonds is 7. The van der Waals surface area contributed by atoms with Gasteiger partial charge in [-0.15, -0.1) is 5.10 Å². The van der Waals surface area contributed by atoms with Gasteiger partial charge in [-0.05, 0) is 39.2 Å². The molecule has 2 aromatic rings. The van der Waals surface area contributed by atoms with Gasteiger partial charge in [0.05, 0.1) is 17.8 Å². The molecule has 2 rings (SSSR count). The number of hydrogen-bond acceptors (Lipinski definition) is 6. The normalized spacial score (nSPS) is 11.3. The smallest absolute Gasteiger partial charge is 0.180 e. The van der Waals surface area contributed by atoms with Gasteiger partial charge in [0.25, 0.3) is 0 Å². The van der Waals surface area contributed by atoms with Crippen LogP contribution in [0.5, 0.6) is 11.5 Å². The monoisotopic (exact) mass is 432 g/mol. The first-order chi connectivity index (χ1) is 12.6. The van der Waals surface area contributed by atoms with Crippen molar-refractivity contribution in [1.82, 2.24) is 0 Å². The molecule has 0 saturated heterocycles. The molecule has 0 amide bonds. The summed E-state index contributed by atoms with van der Waals surface area (Å²) in [6.07, 6.45) is 1.57. The number of hydrogen-bond donors (Lipinski definition) is 1. The Hall–Kier alpha value is -2.50. The van der Waals surface area contributed by atoms with Crippen LogP contribution >= 0.6 is 27.7 Å². The molecule has 0 saturated carbocycles. The molecule has 0 aliphatic rings. The Kier molecular flexibility index (Phi) is 7.99. The Bertz CT molecular complexity index is 835. The molecule has 0 atom stereocenters. The molecule has 0 fully saturated rings. The van der Waals surface area contributed by atoms with Crippen molar-refractivity contribution in [3.05, 3.63) is 58.1 Å². The van der Waals surface area contributed by atoms with Crippen molar-refractivity contribution in [2.75, 3.05) is 13.7 Å². The van der Waals surface area contributed by atoms with E-state index < -0.39 is 0 Å². The minimum Gasteiger partial charge on any atom is -0.493 e. The van der Waals surface area contributed by atoms with Crippen molar-refractivity contribution in [3.8, 4) is 17.6 Å². The van der Waals surface area contributed by atoms with Gasteiger partial charge in [-0.1, -0.05) is 42.1 Å². The second kappa shape index (κ2) is 10.5. The van der Waals surface area contributed by atoms with Crippen molar-refractivity contribution < 1.29 is 9.47 Å². The van der Waals surface area contributed by atoms with Crippen molar-refractivity contribution in [1.29, 1.82) is 5.26 Å². The third-order valence-corrected chi connectivity index (χ3v) is 4.57. The molecule has 26 heavy (non-hydrogen) atoms. The van der Waals surface area contributed by atoms with E-state index in [9.17, 15) is 0 Å². The van der Waals surface area contributed by atoms with E-state index in [1.807, 2.05) is 36.4 Å². The van der Waals surface area contributed by atoms with E-state index in [1.54, 1.807) is 18.3 Å². The number of amidine groups is 1. The predicted molar refractivity (Wildman–Crippen MR) is 109 cm³/mol. The van der Waals surface area contributed by atoms with E-state index in [1.165, 1.54) is 24.4 Å². The van der Waals surface area contributed by atoms with Crippen LogP contribution in [0.1, 0.15) is 11.1 Å². The number of ether oxygens (including phenoxy) is 2. The lowest BCUT2D eigenvalue weighted by molar-refractivity contribution is 0.327. The van der Waals surface area contributed by atoms with Crippen LogP contribution < -0.4 is 15.2 Å². The lowest BCUT2D eigenvalue weighted by atomic mass is 10.2. The Morgan fingerprint density at radius 1 is 1.35 bits per heavy atom. The zero-order valence-electron chi connectivity index (χ0n) is 14.1. The van der Waals surface area contributed by atoms with Crippen molar-refractivity contribution in [2.24, 2.45) is 15.9 Å². The number of nitrogens with two attached hydrogens (primary N) is 1. The zero-order valence-corrected chi connectivity index (χ0v) is 16.5. The highest BCUT2D eigenvalue weighted by molar-refractivity contribution is 9.10. The van der Waals surface area contributed by atoms with Gasteiger partial charge in [0.1, 0.15) is 6.07 Å². The van der Waals surface area contributed by atoms with Crippen LogP contribution in [-0.2, 0) is 5.75 Å². The van der Waals surface area contributed by atoms with Gasteiger partial charge in [0, 0.05) is 5.75 Å². The molecule has 0 aliphatic carbocycles. The zero-order chi connectivity index (χ0) is 18.8. The van der Waals surface area contributed by atoms with E-state index in [4.69, 9.17) is 20.5 Å². The lowest BCUT2D eigenvalue weighted by Gasteiger charge is -2.11. The van der Waals surface area contributed by atoms with Gasteiger partial charge in [0.15, 0.2) is 23.3 Å². The van der Waals surface area contributed by atoms with Gasteiger partial charge in [-0.2, -0.15) is 10.4 Å². The maximum atomic E-state index is 8.64. The van der Waals surface area contributed by atoms with Crippen LogP contribution in [0.25, 0.3) is 0 Å². The molecule has 2 aromatic carbocycles. The van der Waals surface area contributed by atoms with Crippen LogP contribution in [-0.4, -0.2) is 25.1 Å². The van der Waals surface area contributed by atoms with Crippen LogP contribution in [0.3, 0.4) is 0 Å². The fourth-order valence-corrected chi connectivity index (χ4v) is 3.16. The third kappa shape index (κ3) is 6.10. The number of benzene rings is 2. The predicted octanol–water partition coefficient (Wildman–Crippen LogP) is 3.94. The fraction of sp³-hybridized carbons (Fsp3) is 0.167. The standard InChI is InChI=1S/C18H17BrN4O2S/c1-24-16-10-14(9-15(19)17(16)25-8-7-20)11-22-23-18(21)26-12-13-5-3-2-4-6-13/h2-6,9-11H,8,12H2,1H3,(H2,21,23). The average Bonchev–Trinajstić information content (AvgIpc) is 2.66. The second-order valence-electron chi connectivity index (χ2n) is 4.94. The highest BCUT2D eigenvalue weighted by Crippen LogP contribution is 2.36. The maximum Gasteiger partial charge on any atom is 0.180 e. The molecule has 134 valence electrons. The number of nitriles is 1. The minimum atomic E-state index is -0.0676. The van der Waals surface area contributed by atoms with Gasteiger partial charge in [-0.3, -0.25) is 0 Å². The molecule has 8 heteroatoms. The highest BCUT2D eigenvalue weighted by atomic mass is 79.9. The van der Waals surface area contributed by atoms with E-state index in [0.717, 1.165) is 11.3 Å². The average molecular weight is 433 g/mol. The molecular formula is C18H17BrN4O2S. The summed E-state index contributed by atoms with van der Waals surface area (Å²) in [5, 5.41) is 17.0. The van der Waals surface area contributed by atoms with Crippen LogP contribution in [0, 0.1) is 11.3 Å². The Labute approximate surface area is 164 Å². The molecule has 0 unspecified atom stereocenters. The first kappa shape index (κ1) is 19.8. The molecule has 0 heterocycles. The number of halogens is 1. The SMILES string of the molecule is COc1cc(C=NN=C(N)SCc2ccccc2)cc(Br)c1OCC#N. The third-order valence-electron chi connectivity index (χ3n) is 3.13. The molecule has 0 aliphatic heterocycles. The first-order valence-corrected chi connectivity index (χ1v) is 9.32. The first-order valence-electron chi connectivity index (χ1n) is 7.54. The number of nitrogens with zero attached hydrogens (tertiary/aromatic N) is 3. The number of methoxy groups -OCH3 is 1. The van der Waals surface area contributed by atoms with Gasteiger partial charge >= 0.3 is 0 Å². The summed E-state index contributed by atoms with van der Waals surface area (Å²) in [5.74, 6) is 1.69. The summed E-state index contributed by atoms with van der Waals surface area (Å²) in [6, 6.07) is 15.5. The van der Waals surface area contributed by atoms with Crippen molar-refractivity contribution in [3.63, 3.8) is 0 Å². The Morgan fingerprint density at radius 2 is 2.12 bits per heavy atom. The molecule has 2 N–H and O–H groups in total. The Balaban J connectivity index is 2.02. The lowest BCUT2D eigenvalue weighted by Crippen LogP contribution is -2.06. The molecule has 0 radical (unpaired) electrons. The molecule has 6 nitrogen and oxygen atoms in total. The Morgan fingerprint density at radius 3 is 2.81 bits per heavy atom. The molecule has 0 bridgehead atoms. The van der Waals surface area contributed by atoms with Crippen LogP contribution in [0.2, 0.25) is 0 Å². The second-order valence-corrected chi connectivity index (χ2v) is 6.79. The number of thioether (sulfide) groups is 1. The van der Waals surface area contributed by atoms with Gasteiger partial charge < -0.3 is 15.2 Å². The summed E-state index contributed by atoms with van der Waals surface area (Å²) < 4.78 is 11.3. The summed E-state index contributed by atoms with van der Waals surface area (Å²) in [5.41, 5.74) is 7.79. The van der Waals surface area contributed by atoms with Crippen molar-refractivity contribution in [2.45, 2.75) is 5.75 Å². The van der Waals surface area contributed by atoms with E-state index in [2.05, 4.69) is 26.1 Å².